The molecule has 0 spiro atoms. The Labute approximate surface area is 146 Å². The van der Waals surface area contributed by atoms with Crippen molar-refractivity contribution in [2.75, 3.05) is 13.1 Å². The first-order chi connectivity index (χ1) is 12.0. The molecule has 1 aliphatic carbocycles. The summed E-state index contributed by atoms with van der Waals surface area (Å²) in [4.78, 5) is 38.6. The smallest absolute Gasteiger partial charge is 0.307 e. The van der Waals surface area contributed by atoms with Crippen LogP contribution in [0.1, 0.15) is 43.7 Å². The lowest BCUT2D eigenvalue weighted by atomic mass is 9.77. The number of carbonyl (C=O) groups is 2. The fourth-order valence-electron chi connectivity index (χ4n) is 5.03. The molecule has 134 valence electrons. The van der Waals surface area contributed by atoms with Gasteiger partial charge in [-0.15, -0.1) is 0 Å². The fourth-order valence-corrected chi connectivity index (χ4v) is 5.03. The minimum Gasteiger partial charge on any atom is -0.481 e. The van der Waals surface area contributed by atoms with E-state index in [0.717, 1.165) is 25.0 Å². The number of pyridine rings is 1. The Morgan fingerprint density at radius 2 is 1.80 bits per heavy atom. The number of hydrogen-bond acceptors (Lipinski definition) is 3. The number of nitrogens with zero attached hydrogens (tertiary/aromatic N) is 2. The molecule has 6 heteroatoms. The number of carbonyl (C=O) groups excluding carboxylic acids is 1. The second-order valence-electron chi connectivity index (χ2n) is 7.78. The van der Waals surface area contributed by atoms with Crippen molar-refractivity contribution in [3.63, 3.8) is 0 Å². The summed E-state index contributed by atoms with van der Waals surface area (Å²) in [6.07, 6.45) is 4.10. The maximum Gasteiger partial charge on any atom is 0.307 e. The van der Waals surface area contributed by atoms with E-state index in [0.29, 0.717) is 32.5 Å². The predicted molar refractivity (Wildman–Crippen MR) is 91.2 cm³/mol. The van der Waals surface area contributed by atoms with Gasteiger partial charge in [0.25, 0.3) is 5.56 Å². The number of fused-ring (bicyclic) bond motifs is 4. The molecule has 1 N–H and O–H groups in total. The van der Waals surface area contributed by atoms with Gasteiger partial charge in [0.1, 0.15) is 0 Å². The van der Waals surface area contributed by atoms with Gasteiger partial charge in [-0.25, -0.2) is 0 Å². The normalized spacial score (nSPS) is 31.3. The van der Waals surface area contributed by atoms with Crippen molar-refractivity contribution in [1.82, 2.24) is 9.47 Å². The molecule has 6 nitrogen and oxygen atoms in total. The third-order valence-electron chi connectivity index (χ3n) is 6.19. The predicted octanol–water partition coefficient (Wildman–Crippen LogP) is 1.69. The second kappa shape index (κ2) is 6.32. The van der Waals surface area contributed by atoms with Gasteiger partial charge in [-0.2, -0.15) is 0 Å². The number of rotatable bonds is 2. The van der Waals surface area contributed by atoms with E-state index < -0.39 is 11.9 Å². The first-order valence-electron chi connectivity index (χ1n) is 9.26. The fraction of sp³-hybridized carbons (Fsp3) is 0.632. The number of aromatic nitrogens is 1. The first kappa shape index (κ1) is 16.4. The maximum absolute atomic E-state index is 13.1. The Morgan fingerprint density at radius 3 is 2.56 bits per heavy atom. The van der Waals surface area contributed by atoms with Crippen LogP contribution in [0.3, 0.4) is 0 Å². The van der Waals surface area contributed by atoms with Crippen LogP contribution in [0.25, 0.3) is 0 Å². The molecule has 1 aromatic heterocycles. The second-order valence-corrected chi connectivity index (χ2v) is 7.78. The lowest BCUT2D eigenvalue weighted by molar-refractivity contribution is -0.153. The highest BCUT2D eigenvalue weighted by atomic mass is 16.4. The molecule has 1 saturated carbocycles. The maximum atomic E-state index is 13.1. The SMILES string of the molecule is O=C(O)C1CCCCC1C(=O)N1CC2CC(C1)c1cccc(=O)n1C2. The highest BCUT2D eigenvalue weighted by Gasteiger charge is 2.42. The number of hydrogen-bond donors (Lipinski definition) is 1. The Balaban J connectivity index is 1.56. The van der Waals surface area contributed by atoms with Gasteiger partial charge < -0.3 is 14.6 Å². The van der Waals surface area contributed by atoms with Crippen LogP contribution in [-0.2, 0) is 16.1 Å². The first-order valence-corrected chi connectivity index (χ1v) is 9.26. The third-order valence-corrected chi connectivity index (χ3v) is 6.19. The molecular formula is C19H24N2O4. The van der Waals surface area contributed by atoms with Crippen LogP contribution in [0.2, 0.25) is 0 Å². The average molecular weight is 344 g/mol. The van der Waals surface area contributed by atoms with Crippen LogP contribution in [0.15, 0.2) is 23.0 Å². The number of aliphatic carboxylic acids is 1. The van der Waals surface area contributed by atoms with Crippen molar-refractivity contribution in [2.24, 2.45) is 17.8 Å². The van der Waals surface area contributed by atoms with Crippen molar-refractivity contribution < 1.29 is 14.7 Å². The zero-order chi connectivity index (χ0) is 17.6. The van der Waals surface area contributed by atoms with Crippen molar-refractivity contribution in [1.29, 1.82) is 0 Å². The van der Waals surface area contributed by atoms with Crippen LogP contribution in [-0.4, -0.2) is 39.5 Å². The summed E-state index contributed by atoms with van der Waals surface area (Å²) in [5.74, 6) is -1.30. The molecule has 3 heterocycles. The van der Waals surface area contributed by atoms with E-state index in [1.807, 2.05) is 15.5 Å². The van der Waals surface area contributed by atoms with Crippen molar-refractivity contribution >= 4 is 11.9 Å². The Kier molecular flexibility index (Phi) is 4.13. The third kappa shape index (κ3) is 2.87. The molecule has 4 atom stereocenters. The topological polar surface area (TPSA) is 79.6 Å². The number of amides is 1. The summed E-state index contributed by atoms with van der Waals surface area (Å²) >= 11 is 0. The van der Waals surface area contributed by atoms with E-state index in [-0.39, 0.29) is 29.2 Å². The van der Waals surface area contributed by atoms with Crippen LogP contribution < -0.4 is 5.56 Å². The molecule has 1 amide bonds. The largest absolute Gasteiger partial charge is 0.481 e. The number of carboxylic acid groups (broad SMARTS) is 1. The van der Waals surface area contributed by atoms with Crippen molar-refractivity contribution in [3.05, 3.63) is 34.2 Å². The number of piperidine rings is 1. The molecule has 4 rings (SSSR count). The van der Waals surface area contributed by atoms with Crippen molar-refractivity contribution in [2.45, 2.75) is 44.6 Å². The van der Waals surface area contributed by atoms with Gasteiger partial charge in [0.05, 0.1) is 11.8 Å². The van der Waals surface area contributed by atoms with Gasteiger partial charge in [-0.1, -0.05) is 18.9 Å². The molecule has 2 aliphatic heterocycles. The zero-order valence-electron chi connectivity index (χ0n) is 14.3. The molecule has 1 aromatic rings. The Bertz CT molecular complexity index is 756. The van der Waals surface area contributed by atoms with Crippen molar-refractivity contribution in [3.8, 4) is 0 Å². The summed E-state index contributed by atoms with van der Waals surface area (Å²) in [6.45, 7) is 1.89. The molecule has 0 aromatic carbocycles. The van der Waals surface area contributed by atoms with E-state index in [4.69, 9.17) is 0 Å². The molecule has 1 saturated heterocycles. The highest BCUT2D eigenvalue weighted by molar-refractivity contribution is 5.85. The van der Waals surface area contributed by atoms with E-state index in [1.54, 1.807) is 12.1 Å². The summed E-state index contributed by atoms with van der Waals surface area (Å²) < 4.78 is 1.85. The van der Waals surface area contributed by atoms with Gasteiger partial charge in [-0.3, -0.25) is 14.4 Å². The van der Waals surface area contributed by atoms with Gasteiger partial charge >= 0.3 is 5.97 Å². The number of carboxylic acids is 1. The standard InChI is InChI=1S/C19H24N2O4/c22-17-7-3-6-16-13-8-12(10-21(16)17)9-20(11-13)18(23)14-4-1-2-5-15(14)19(24)25/h3,6-7,12-15H,1-2,4-5,8-11H2,(H,24,25). The van der Waals surface area contributed by atoms with Crippen LogP contribution in [0, 0.1) is 17.8 Å². The van der Waals surface area contributed by atoms with Gasteiger partial charge in [0.15, 0.2) is 0 Å². The van der Waals surface area contributed by atoms with Gasteiger partial charge in [0.2, 0.25) is 5.91 Å². The van der Waals surface area contributed by atoms with E-state index in [9.17, 15) is 19.5 Å². The minimum absolute atomic E-state index is 0.00790. The van der Waals surface area contributed by atoms with Gasteiger partial charge in [0, 0.05) is 37.3 Å². The van der Waals surface area contributed by atoms with Crippen LogP contribution in [0.5, 0.6) is 0 Å². The Morgan fingerprint density at radius 1 is 1.04 bits per heavy atom. The summed E-state index contributed by atoms with van der Waals surface area (Å²) in [5.41, 5.74) is 1.05. The Hall–Kier alpha value is -2.11. The van der Waals surface area contributed by atoms with E-state index in [1.165, 1.54) is 0 Å². The molecule has 25 heavy (non-hydrogen) atoms. The molecule has 3 aliphatic rings. The van der Waals surface area contributed by atoms with Gasteiger partial charge in [-0.05, 0) is 31.2 Å². The molecular weight excluding hydrogens is 320 g/mol. The van der Waals surface area contributed by atoms with E-state index in [2.05, 4.69) is 0 Å². The average Bonchev–Trinajstić information content (AvgIpc) is 2.62. The highest BCUT2D eigenvalue weighted by Crippen LogP contribution is 2.38. The quantitative estimate of drug-likeness (QED) is 0.885. The van der Waals surface area contributed by atoms with Crippen LogP contribution >= 0.6 is 0 Å². The molecule has 2 bridgehead atoms. The lowest BCUT2D eigenvalue weighted by Gasteiger charge is -2.44. The molecule has 2 fully saturated rings. The number of likely N-dealkylation sites (tertiary alicyclic amines) is 1. The lowest BCUT2D eigenvalue weighted by Crippen LogP contribution is -2.52. The monoisotopic (exact) mass is 344 g/mol. The molecule has 4 unspecified atom stereocenters. The zero-order valence-corrected chi connectivity index (χ0v) is 14.3. The summed E-state index contributed by atoms with van der Waals surface area (Å²) in [7, 11) is 0. The molecule has 0 radical (unpaired) electrons. The summed E-state index contributed by atoms with van der Waals surface area (Å²) in [6, 6.07) is 5.36. The van der Waals surface area contributed by atoms with E-state index >= 15 is 0 Å². The van der Waals surface area contributed by atoms with Crippen LogP contribution in [0.4, 0.5) is 0 Å². The summed E-state index contributed by atoms with van der Waals surface area (Å²) in [5, 5.41) is 9.47. The minimum atomic E-state index is -0.841.